The predicted octanol–water partition coefficient (Wildman–Crippen LogP) is 5.26. The second-order valence-corrected chi connectivity index (χ2v) is 8.37. The third kappa shape index (κ3) is 4.06. The number of carbonyl (C=O) groups excluding carboxylic acids is 1. The molecule has 2 aliphatic heterocycles. The molecule has 0 atom stereocenters. The number of hydrogen-bond donors (Lipinski definition) is 1. The zero-order valence-corrected chi connectivity index (χ0v) is 17.9. The average molecular weight is 427 g/mol. The average Bonchev–Trinajstić information content (AvgIpc) is 2.84. The Balaban J connectivity index is 1.33. The van der Waals surface area contributed by atoms with E-state index in [-0.39, 0.29) is 12.7 Å². The number of nitrogens with zero attached hydrogens (tertiary/aromatic N) is 1. The zero-order valence-electron chi connectivity index (χ0n) is 17.9. The van der Waals surface area contributed by atoms with Gasteiger partial charge in [0.15, 0.2) is 0 Å². The molecule has 3 aromatic carbocycles. The van der Waals surface area contributed by atoms with E-state index in [2.05, 4.69) is 12.1 Å². The number of benzene rings is 3. The number of piperidine rings is 1. The molecule has 2 heterocycles. The molecule has 0 bridgehead atoms. The fourth-order valence-corrected chi connectivity index (χ4v) is 4.39. The second kappa shape index (κ2) is 8.42. The number of carbonyl (C=O) groups is 1. The lowest BCUT2D eigenvalue weighted by Gasteiger charge is -2.42. The van der Waals surface area contributed by atoms with Crippen LogP contribution in [0.25, 0.3) is 5.57 Å². The molecule has 1 spiro atoms. The van der Waals surface area contributed by atoms with E-state index < -0.39 is 5.60 Å². The van der Waals surface area contributed by atoms with Crippen LogP contribution >= 0.6 is 0 Å². The van der Waals surface area contributed by atoms with Gasteiger partial charge in [-0.15, -0.1) is 0 Å². The maximum Gasteiger partial charge on any atom is 0.410 e. The number of anilines is 1. The van der Waals surface area contributed by atoms with E-state index >= 15 is 0 Å². The van der Waals surface area contributed by atoms with Crippen molar-refractivity contribution in [3.05, 3.63) is 102 Å². The van der Waals surface area contributed by atoms with Crippen LogP contribution in [0.5, 0.6) is 5.75 Å². The maximum atomic E-state index is 12.6. The molecule has 0 aromatic heterocycles. The first-order chi connectivity index (χ1) is 15.6. The minimum absolute atomic E-state index is 0.275. The molecule has 3 aromatic rings. The molecule has 162 valence electrons. The minimum Gasteiger partial charge on any atom is -0.482 e. The summed E-state index contributed by atoms with van der Waals surface area (Å²) in [6, 6.07) is 25.8. The third-order valence-electron chi connectivity index (χ3n) is 6.19. The van der Waals surface area contributed by atoms with Crippen molar-refractivity contribution in [1.29, 1.82) is 0 Å². The van der Waals surface area contributed by atoms with Crippen molar-refractivity contribution in [3.63, 3.8) is 0 Å². The molecule has 5 rings (SSSR count). The summed E-state index contributed by atoms with van der Waals surface area (Å²) in [6.45, 7) is 1.45. The van der Waals surface area contributed by atoms with Crippen molar-refractivity contribution in [3.8, 4) is 5.75 Å². The number of hydrogen-bond acceptors (Lipinski definition) is 4. The van der Waals surface area contributed by atoms with E-state index in [1.807, 2.05) is 72.8 Å². The number of amides is 1. The summed E-state index contributed by atoms with van der Waals surface area (Å²) in [5.74, 6) is 0.877. The molecule has 5 heteroatoms. The van der Waals surface area contributed by atoms with Crippen LogP contribution in [0, 0.1) is 0 Å². The summed E-state index contributed by atoms with van der Waals surface area (Å²) < 4.78 is 12.0. The van der Waals surface area contributed by atoms with Crippen LogP contribution in [0.4, 0.5) is 10.5 Å². The van der Waals surface area contributed by atoms with Crippen LogP contribution in [-0.2, 0) is 11.3 Å². The largest absolute Gasteiger partial charge is 0.482 e. The Morgan fingerprint density at radius 1 is 0.938 bits per heavy atom. The van der Waals surface area contributed by atoms with Gasteiger partial charge in [-0.05, 0) is 41.0 Å². The van der Waals surface area contributed by atoms with Gasteiger partial charge < -0.3 is 20.1 Å². The number of para-hydroxylation sites is 1. The van der Waals surface area contributed by atoms with Crippen molar-refractivity contribution in [2.24, 2.45) is 0 Å². The van der Waals surface area contributed by atoms with Crippen molar-refractivity contribution in [1.82, 2.24) is 4.90 Å². The molecule has 1 saturated heterocycles. The fraction of sp³-hybridized carbons (Fsp3) is 0.222. The van der Waals surface area contributed by atoms with Crippen LogP contribution in [0.15, 0.2) is 84.9 Å². The van der Waals surface area contributed by atoms with E-state index in [4.69, 9.17) is 15.2 Å². The van der Waals surface area contributed by atoms with Crippen LogP contribution in [0.1, 0.15) is 29.5 Å². The highest BCUT2D eigenvalue weighted by Crippen LogP contribution is 2.43. The summed E-state index contributed by atoms with van der Waals surface area (Å²) >= 11 is 0. The Bertz CT molecular complexity index is 1130. The van der Waals surface area contributed by atoms with E-state index in [1.165, 1.54) is 0 Å². The van der Waals surface area contributed by atoms with Crippen molar-refractivity contribution >= 4 is 17.4 Å². The van der Waals surface area contributed by atoms with Gasteiger partial charge in [-0.2, -0.15) is 0 Å². The first-order valence-corrected chi connectivity index (χ1v) is 10.9. The number of nitrogen functional groups attached to an aromatic ring is 1. The molecule has 2 N–H and O–H groups in total. The number of likely N-dealkylation sites (tertiary alicyclic amines) is 1. The Kier molecular flexibility index (Phi) is 5.31. The number of rotatable bonds is 3. The van der Waals surface area contributed by atoms with Crippen molar-refractivity contribution in [2.45, 2.75) is 25.0 Å². The molecule has 1 fully saturated rings. The van der Waals surface area contributed by atoms with Gasteiger partial charge in [0.25, 0.3) is 0 Å². The number of ether oxygens (including phenoxy) is 2. The van der Waals surface area contributed by atoms with Gasteiger partial charge in [-0.1, -0.05) is 60.7 Å². The Morgan fingerprint density at radius 3 is 2.38 bits per heavy atom. The zero-order chi connectivity index (χ0) is 22.0. The van der Waals surface area contributed by atoms with Gasteiger partial charge in [0.1, 0.15) is 18.0 Å². The Morgan fingerprint density at radius 2 is 1.62 bits per heavy atom. The smallest absolute Gasteiger partial charge is 0.410 e. The van der Waals surface area contributed by atoms with Crippen molar-refractivity contribution < 1.29 is 14.3 Å². The van der Waals surface area contributed by atoms with E-state index in [1.54, 1.807) is 4.90 Å². The first-order valence-electron chi connectivity index (χ1n) is 10.9. The summed E-state index contributed by atoms with van der Waals surface area (Å²) in [4.78, 5) is 14.4. The number of nitrogens with two attached hydrogens (primary N) is 1. The van der Waals surface area contributed by atoms with Gasteiger partial charge in [-0.25, -0.2) is 4.79 Å². The van der Waals surface area contributed by atoms with Crippen LogP contribution in [-0.4, -0.2) is 29.7 Å². The van der Waals surface area contributed by atoms with Gasteiger partial charge in [0, 0.05) is 37.2 Å². The summed E-state index contributed by atoms with van der Waals surface area (Å²) in [5, 5.41) is 0. The van der Waals surface area contributed by atoms with Crippen LogP contribution < -0.4 is 10.5 Å². The molecule has 32 heavy (non-hydrogen) atoms. The van der Waals surface area contributed by atoms with Crippen molar-refractivity contribution in [2.75, 3.05) is 18.8 Å². The quantitative estimate of drug-likeness (QED) is 0.580. The molecule has 0 saturated carbocycles. The molecular formula is C27H26N2O3. The molecule has 5 nitrogen and oxygen atoms in total. The Hall–Kier alpha value is -3.73. The highest BCUT2D eigenvalue weighted by molar-refractivity contribution is 5.85. The molecule has 2 aliphatic rings. The third-order valence-corrected chi connectivity index (χ3v) is 6.19. The first kappa shape index (κ1) is 20.2. The van der Waals surface area contributed by atoms with Gasteiger partial charge in [0.2, 0.25) is 0 Å². The van der Waals surface area contributed by atoms with Gasteiger partial charge in [0.05, 0.1) is 0 Å². The lowest BCUT2D eigenvalue weighted by atomic mass is 9.83. The van der Waals surface area contributed by atoms with Crippen LogP contribution in [0.3, 0.4) is 0 Å². The summed E-state index contributed by atoms with van der Waals surface area (Å²) in [5.41, 5.74) is 10.5. The standard InChI is InChI=1S/C27H26N2O3/c28-22-12-10-21(11-13-22)24-18-27(32-25-9-5-4-8-23(24)25)14-16-29(17-15-27)26(30)31-19-20-6-2-1-3-7-20/h1-13,18H,14-17,19,28H2. The highest BCUT2D eigenvalue weighted by Gasteiger charge is 2.40. The van der Waals surface area contributed by atoms with Crippen LogP contribution in [0.2, 0.25) is 0 Å². The summed E-state index contributed by atoms with van der Waals surface area (Å²) in [6.07, 6.45) is 3.37. The van der Waals surface area contributed by atoms with E-state index in [0.717, 1.165) is 33.7 Å². The predicted molar refractivity (Wildman–Crippen MR) is 125 cm³/mol. The van der Waals surface area contributed by atoms with Gasteiger partial charge >= 0.3 is 6.09 Å². The van der Waals surface area contributed by atoms with Gasteiger partial charge in [-0.3, -0.25) is 0 Å². The summed E-state index contributed by atoms with van der Waals surface area (Å²) in [7, 11) is 0. The minimum atomic E-state index is -0.443. The lowest BCUT2D eigenvalue weighted by molar-refractivity contribution is 0.0285. The SMILES string of the molecule is Nc1ccc(C2=CC3(CCN(C(=O)OCc4ccccc4)CC3)Oc3ccccc32)cc1. The lowest BCUT2D eigenvalue weighted by Crippen LogP contribution is -2.49. The topological polar surface area (TPSA) is 64.8 Å². The highest BCUT2D eigenvalue weighted by atomic mass is 16.6. The normalized spacial score (nSPS) is 16.6. The van der Waals surface area contributed by atoms with E-state index in [9.17, 15) is 4.79 Å². The maximum absolute atomic E-state index is 12.6. The molecule has 1 amide bonds. The second-order valence-electron chi connectivity index (χ2n) is 8.37. The molecule has 0 radical (unpaired) electrons. The fourth-order valence-electron chi connectivity index (χ4n) is 4.39. The Labute approximate surface area is 188 Å². The number of fused-ring (bicyclic) bond motifs is 1. The molecular weight excluding hydrogens is 400 g/mol. The van der Waals surface area contributed by atoms with E-state index in [0.29, 0.717) is 25.9 Å². The molecule has 0 unspecified atom stereocenters. The monoisotopic (exact) mass is 426 g/mol. The molecule has 0 aliphatic carbocycles.